The Kier molecular flexibility index (Phi) is 9.99. The molecule has 2 atom stereocenters. The van der Waals surface area contributed by atoms with Crippen LogP contribution in [0.25, 0.3) is 20.5 Å². The third-order valence-electron chi connectivity index (χ3n) is 10.2. The first-order valence-electron chi connectivity index (χ1n) is 17.4. The molecule has 1 aliphatic carbocycles. The van der Waals surface area contributed by atoms with Crippen molar-refractivity contribution in [1.29, 1.82) is 0 Å². The standard InChI is InChI=1S/C39H48N2O4S/c1-43-37-26-28(11-18-36(37)45-35-10-4-3-9-34(35)41-21-5-2-6-22-41)25-33-32-17-14-30(42)27-38(32)46-39(33)29-12-15-31(16-13-29)44-24-23-40-19-7-8-20-40/h11-18,26-27,34-35,42H,2-10,19-25H2,1H3/t34-,35-/m0/s1. The largest absolute Gasteiger partial charge is 0.508 e. The van der Waals surface area contributed by atoms with Gasteiger partial charge in [0.2, 0.25) is 0 Å². The average Bonchev–Trinajstić information content (AvgIpc) is 3.74. The zero-order chi connectivity index (χ0) is 31.3. The summed E-state index contributed by atoms with van der Waals surface area (Å²) in [4.78, 5) is 6.38. The van der Waals surface area contributed by atoms with Crippen molar-refractivity contribution in [2.24, 2.45) is 0 Å². The van der Waals surface area contributed by atoms with Crippen LogP contribution in [0.3, 0.4) is 0 Å². The SMILES string of the molecule is COc1cc(Cc2c(-c3ccc(OCCN4CCCC4)cc3)sc3cc(O)ccc23)ccc1O[C@H]1CCCC[C@@H]1N1CCCCC1. The van der Waals surface area contributed by atoms with Crippen molar-refractivity contribution in [2.45, 2.75) is 76.4 Å². The molecule has 4 aromatic rings. The normalized spacial score (nSPS) is 21.1. The van der Waals surface area contributed by atoms with E-state index in [1.54, 1.807) is 24.5 Å². The van der Waals surface area contributed by atoms with Crippen LogP contribution in [0, 0.1) is 0 Å². The highest BCUT2D eigenvalue weighted by Crippen LogP contribution is 2.42. The molecule has 0 amide bonds. The molecule has 3 fully saturated rings. The van der Waals surface area contributed by atoms with E-state index in [9.17, 15) is 5.11 Å². The van der Waals surface area contributed by atoms with Crippen LogP contribution < -0.4 is 14.2 Å². The summed E-state index contributed by atoms with van der Waals surface area (Å²) in [6.45, 7) is 6.47. The lowest BCUT2D eigenvalue weighted by molar-refractivity contribution is 0.0248. The fourth-order valence-electron chi connectivity index (χ4n) is 7.72. The van der Waals surface area contributed by atoms with Crippen molar-refractivity contribution in [3.8, 4) is 33.4 Å². The first-order chi connectivity index (χ1) is 22.6. The van der Waals surface area contributed by atoms with E-state index in [2.05, 4.69) is 52.3 Å². The first-order valence-corrected chi connectivity index (χ1v) is 18.2. The van der Waals surface area contributed by atoms with Crippen LogP contribution in [-0.4, -0.2) is 73.5 Å². The van der Waals surface area contributed by atoms with E-state index in [1.807, 2.05) is 12.1 Å². The Labute approximate surface area is 277 Å². The van der Waals surface area contributed by atoms with Gasteiger partial charge in [0, 0.05) is 22.2 Å². The Bertz CT molecular complexity index is 1590. The second kappa shape index (κ2) is 14.7. The van der Waals surface area contributed by atoms with Gasteiger partial charge in [0.1, 0.15) is 24.2 Å². The van der Waals surface area contributed by atoms with Gasteiger partial charge in [0.05, 0.1) is 7.11 Å². The summed E-state index contributed by atoms with van der Waals surface area (Å²) in [5.41, 5.74) is 3.60. The van der Waals surface area contributed by atoms with Gasteiger partial charge in [0.15, 0.2) is 11.5 Å². The van der Waals surface area contributed by atoms with Gasteiger partial charge in [-0.1, -0.05) is 18.9 Å². The van der Waals surface area contributed by atoms with Crippen molar-refractivity contribution in [3.63, 3.8) is 0 Å². The zero-order valence-corrected chi connectivity index (χ0v) is 28.0. The number of hydrogen-bond acceptors (Lipinski definition) is 7. The molecule has 3 heterocycles. The molecule has 3 aliphatic rings. The molecule has 0 spiro atoms. The van der Waals surface area contributed by atoms with E-state index in [4.69, 9.17) is 14.2 Å². The Morgan fingerprint density at radius 3 is 2.39 bits per heavy atom. The maximum atomic E-state index is 10.3. The number of aromatic hydroxyl groups is 1. The molecule has 46 heavy (non-hydrogen) atoms. The van der Waals surface area contributed by atoms with E-state index in [0.717, 1.165) is 46.9 Å². The number of phenols is 1. The second-order valence-corrected chi connectivity index (χ2v) is 14.3. The Balaban J connectivity index is 1.10. The Morgan fingerprint density at radius 1 is 0.804 bits per heavy atom. The highest BCUT2D eigenvalue weighted by molar-refractivity contribution is 7.22. The number of likely N-dealkylation sites (tertiary alicyclic amines) is 2. The lowest BCUT2D eigenvalue weighted by Gasteiger charge is -2.41. The van der Waals surface area contributed by atoms with Crippen molar-refractivity contribution in [3.05, 3.63) is 71.8 Å². The van der Waals surface area contributed by atoms with Gasteiger partial charge in [-0.25, -0.2) is 0 Å². The number of nitrogens with zero attached hydrogens (tertiary/aromatic N) is 2. The highest BCUT2D eigenvalue weighted by Gasteiger charge is 2.33. The van der Waals surface area contributed by atoms with Crippen LogP contribution in [-0.2, 0) is 6.42 Å². The predicted octanol–water partition coefficient (Wildman–Crippen LogP) is 8.52. The summed E-state index contributed by atoms with van der Waals surface area (Å²) in [7, 11) is 1.75. The molecule has 6 nitrogen and oxygen atoms in total. The number of fused-ring (bicyclic) bond motifs is 1. The van der Waals surface area contributed by atoms with E-state index in [0.29, 0.717) is 18.4 Å². The van der Waals surface area contributed by atoms with Crippen molar-refractivity contribution in [2.75, 3.05) is 46.4 Å². The lowest BCUT2D eigenvalue weighted by Crippen LogP contribution is -2.49. The summed E-state index contributed by atoms with van der Waals surface area (Å²) in [5, 5.41) is 11.5. The number of rotatable bonds is 11. The van der Waals surface area contributed by atoms with E-state index in [1.165, 1.54) is 98.9 Å². The third kappa shape index (κ3) is 7.17. The van der Waals surface area contributed by atoms with E-state index in [-0.39, 0.29) is 6.10 Å². The van der Waals surface area contributed by atoms with Gasteiger partial charge >= 0.3 is 0 Å². The molecule has 0 radical (unpaired) electrons. The molecule has 1 aromatic heterocycles. The minimum atomic E-state index is 0.207. The molecule has 2 aliphatic heterocycles. The molecule has 244 valence electrons. The maximum absolute atomic E-state index is 10.3. The minimum absolute atomic E-state index is 0.207. The number of benzene rings is 3. The van der Waals surface area contributed by atoms with Gasteiger partial charge in [-0.05, 0) is 154 Å². The maximum Gasteiger partial charge on any atom is 0.161 e. The molecular weight excluding hydrogens is 593 g/mol. The zero-order valence-electron chi connectivity index (χ0n) is 27.2. The average molecular weight is 641 g/mol. The van der Waals surface area contributed by atoms with Crippen LogP contribution in [0.5, 0.6) is 23.0 Å². The van der Waals surface area contributed by atoms with Crippen LogP contribution in [0.1, 0.15) is 68.9 Å². The minimum Gasteiger partial charge on any atom is -0.508 e. The van der Waals surface area contributed by atoms with Gasteiger partial charge in [-0.2, -0.15) is 0 Å². The first kappa shape index (κ1) is 31.3. The monoisotopic (exact) mass is 640 g/mol. The number of methoxy groups -OCH3 is 1. The number of phenolic OH excluding ortho intramolecular Hbond substituents is 1. The van der Waals surface area contributed by atoms with Gasteiger partial charge < -0.3 is 19.3 Å². The van der Waals surface area contributed by atoms with Crippen molar-refractivity contribution in [1.82, 2.24) is 9.80 Å². The number of piperidine rings is 1. The molecular formula is C39H48N2O4S. The molecule has 1 N–H and O–H groups in total. The Hall–Kier alpha value is -3.26. The third-order valence-corrected chi connectivity index (χ3v) is 11.4. The molecule has 1 saturated carbocycles. The molecule has 0 unspecified atom stereocenters. The van der Waals surface area contributed by atoms with Crippen molar-refractivity contribution < 1.29 is 19.3 Å². The molecule has 0 bridgehead atoms. The van der Waals surface area contributed by atoms with E-state index >= 15 is 0 Å². The van der Waals surface area contributed by atoms with E-state index < -0.39 is 0 Å². The molecule has 7 rings (SSSR count). The number of hydrogen-bond donors (Lipinski definition) is 1. The van der Waals surface area contributed by atoms with Crippen LogP contribution in [0.2, 0.25) is 0 Å². The number of thiophene rings is 1. The van der Waals surface area contributed by atoms with Gasteiger partial charge in [-0.15, -0.1) is 11.3 Å². The molecule has 2 saturated heterocycles. The highest BCUT2D eigenvalue weighted by atomic mass is 32.1. The van der Waals surface area contributed by atoms with Crippen LogP contribution >= 0.6 is 11.3 Å². The fourth-order valence-corrected chi connectivity index (χ4v) is 8.98. The van der Waals surface area contributed by atoms with Crippen LogP contribution in [0.4, 0.5) is 0 Å². The van der Waals surface area contributed by atoms with Crippen LogP contribution in [0.15, 0.2) is 60.7 Å². The summed E-state index contributed by atoms with van der Waals surface area (Å²) >= 11 is 1.73. The summed E-state index contributed by atoms with van der Waals surface area (Å²) in [5.74, 6) is 2.85. The van der Waals surface area contributed by atoms with Crippen molar-refractivity contribution >= 4 is 21.4 Å². The lowest BCUT2D eigenvalue weighted by atomic mass is 9.90. The number of ether oxygens (including phenoxy) is 3. The van der Waals surface area contributed by atoms with Gasteiger partial charge in [-0.3, -0.25) is 9.80 Å². The van der Waals surface area contributed by atoms with Gasteiger partial charge in [0.25, 0.3) is 0 Å². The summed E-state index contributed by atoms with van der Waals surface area (Å²) in [6, 6.07) is 21.2. The predicted molar refractivity (Wildman–Crippen MR) is 188 cm³/mol. The molecule has 3 aromatic carbocycles. The molecule has 7 heteroatoms. The smallest absolute Gasteiger partial charge is 0.161 e. The quantitative estimate of drug-likeness (QED) is 0.177. The Morgan fingerprint density at radius 2 is 1.59 bits per heavy atom. The second-order valence-electron chi connectivity index (χ2n) is 13.3. The summed E-state index contributed by atoms with van der Waals surface area (Å²) in [6.07, 6.45) is 12.4. The topological polar surface area (TPSA) is 54.4 Å². The fraction of sp³-hybridized carbons (Fsp3) is 0.487. The summed E-state index contributed by atoms with van der Waals surface area (Å²) < 4.78 is 19.9.